The van der Waals surface area contributed by atoms with Crippen LogP contribution in [0.1, 0.15) is 32.8 Å². The minimum absolute atomic E-state index is 0.00724. The molecule has 1 heterocycles. The molecule has 0 saturated carbocycles. The third kappa shape index (κ3) is 4.85. The van der Waals surface area contributed by atoms with Crippen molar-refractivity contribution in [2.75, 3.05) is 26.7 Å². The standard InChI is InChI=1S/C20H30FN3O5/c1-12(2)9-14(17(25)18(26)23-28)19(27)24-8-7-22-11-20(24,3)15-10-13(29-4)5-6-16(15)21/h5-6,10,12,14,17,22,25,28H,7-9,11H2,1-4H3,(H,23,26)/t14-,17-,20-/m0/s1. The molecule has 29 heavy (non-hydrogen) atoms. The normalized spacial score (nSPS) is 21.6. The predicted molar refractivity (Wildman–Crippen MR) is 104 cm³/mol. The quantitative estimate of drug-likeness (QED) is 0.394. The van der Waals surface area contributed by atoms with E-state index in [4.69, 9.17) is 9.94 Å². The van der Waals surface area contributed by atoms with Crippen molar-refractivity contribution in [1.29, 1.82) is 0 Å². The van der Waals surface area contributed by atoms with Crippen molar-refractivity contribution in [3.05, 3.63) is 29.6 Å². The Morgan fingerprint density at radius 1 is 1.41 bits per heavy atom. The lowest BCUT2D eigenvalue weighted by Gasteiger charge is -2.47. The van der Waals surface area contributed by atoms with E-state index in [9.17, 15) is 19.1 Å². The molecule has 162 valence electrons. The van der Waals surface area contributed by atoms with Gasteiger partial charge in [-0.05, 0) is 37.5 Å². The third-order valence-corrected chi connectivity index (χ3v) is 5.40. The van der Waals surface area contributed by atoms with E-state index in [0.717, 1.165) is 0 Å². The zero-order valence-corrected chi connectivity index (χ0v) is 17.2. The van der Waals surface area contributed by atoms with E-state index < -0.39 is 35.2 Å². The van der Waals surface area contributed by atoms with E-state index >= 15 is 0 Å². The number of carbonyl (C=O) groups is 2. The molecular formula is C20H30FN3O5. The van der Waals surface area contributed by atoms with Gasteiger partial charge in [-0.15, -0.1) is 0 Å². The summed E-state index contributed by atoms with van der Waals surface area (Å²) < 4.78 is 20.0. The highest BCUT2D eigenvalue weighted by Crippen LogP contribution is 2.36. The highest BCUT2D eigenvalue weighted by molar-refractivity contribution is 5.89. The van der Waals surface area contributed by atoms with Crippen LogP contribution in [0.5, 0.6) is 5.75 Å². The fourth-order valence-corrected chi connectivity index (χ4v) is 3.82. The Balaban J connectivity index is 2.47. The number of rotatable bonds is 7. The van der Waals surface area contributed by atoms with E-state index in [1.165, 1.54) is 29.6 Å². The SMILES string of the molecule is COc1ccc(F)c([C@]2(C)CNCCN2C(=O)[C@@H](CC(C)C)[C@H](O)C(=O)NO)c1. The second-order valence-electron chi connectivity index (χ2n) is 7.94. The van der Waals surface area contributed by atoms with Gasteiger partial charge in [0.25, 0.3) is 5.91 Å². The molecule has 0 spiro atoms. The molecule has 0 aliphatic carbocycles. The Bertz CT molecular complexity index is 745. The highest BCUT2D eigenvalue weighted by atomic mass is 19.1. The van der Waals surface area contributed by atoms with Gasteiger partial charge in [0.2, 0.25) is 5.91 Å². The topological polar surface area (TPSA) is 111 Å². The number of nitrogens with one attached hydrogen (secondary N) is 2. The van der Waals surface area contributed by atoms with Crippen molar-refractivity contribution in [3.63, 3.8) is 0 Å². The maximum atomic E-state index is 14.8. The predicted octanol–water partition coefficient (Wildman–Crippen LogP) is 1.01. The van der Waals surface area contributed by atoms with Crippen LogP contribution in [0.2, 0.25) is 0 Å². The fourth-order valence-electron chi connectivity index (χ4n) is 3.82. The number of piperazine rings is 1. The smallest absolute Gasteiger partial charge is 0.272 e. The molecule has 0 unspecified atom stereocenters. The zero-order valence-electron chi connectivity index (χ0n) is 17.2. The van der Waals surface area contributed by atoms with Gasteiger partial charge in [-0.1, -0.05) is 13.8 Å². The summed E-state index contributed by atoms with van der Waals surface area (Å²) >= 11 is 0. The molecule has 9 heteroatoms. The van der Waals surface area contributed by atoms with Gasteiger partial charge < -0.3 is 20.1 Å². The van der Waals surface area contributed by atoms with Crippen LogP contribution in [0, 0.1) is 17.7 Å². The maximum absolute atomic E-state index is 14.8. The first-order valence-corrected chi connectivity index (χ1v) is 9.64. The molecule has 1 aliphatic rings. The first-order valence-electron chi connectivity index (χ1n) is 9.64. The number of aliphatic hydroxyl groups excluding tert-OH is 1. The Hall–Kier alpha value is -2.23. The molecule has 1 saturated heterocycles. The number of amides is 2. The summed E-state index contributed by atoms with van der Waals surface area (Å²) in [5.74, 6) is -2.61. The van der Waals surface area contributed by atoms with Gasteiger partial charge in [-0.25, -0.2) is 9.87 Å². The number of hydrogen-bond acceptors (Lipinski definition) is 6. The van der Waals surface area contributed by atoms with Crippen LogP contribution in [0.4, 0.5) is 4.39 Å². The van der Waals surface area contributed by atoms with Crippen LogP contribution in [0.3, 0.4) is 0 Å². The van der Waals surface area contributed by atoms with Crippen molar-refractivity contribution in [2.24, 2.45) is 11.8 Å². The lowest BCUT2D eigenvalue weighted by Crippen LogP contribution is -2.62. The molecule has 8 nitrogen and oxygen atoms in total. The molecule has 0 radical (unpaired) electrons. The van der Waals surface area contributed by atoms with Crippen LogP contribution in [0.25, 0.3) is 0 Å². The first-order chi connectivity index (χ1) is 13.7. The van der Waals surface area contributed by atoms with Crippen LogP contribution in [-0.4, -0.2) is 59.9 Å². The van der Waals surface area contributed by atoms with Gasteiger partial charge in [0.1, 0.15) is 17.7 Å². The Morgan fingerprint density at radius 3 is 2.69 bits per heavy atom. The molecular weight excluding hydrogens is 381 g/mol. The maximum Gasteiger partial charge on any atom is 0.272 e. The van der Waals surface area contributed by atoms with Crippen molar-refractivity contribution in [2.45, 2.75) is 38.8 Å². The largest absolute Gasteiger partial charge is 0.497 e. The number of halogens is 1. The number of carbonyl (C=O) groups excluding carboxylic acids is 2. The fraction of sp³-hybridized carbons (Fsp3) is 0.600. The van der Waals surface area contributed by atoms with Gasteiger partial charge >= 0.3 is 0 Å². The Kier molecular flexibility index (Phi) is 7.56. The van der Waals surface area contributed by atoms with Gasteiger partial charge in [0.15, 0.2) is 0 Å². The van der Waals surface area contributed by atoms with E-state index in [-0.39, 0.29) is 24.4 Å². The van der Waals surface area contributed by atoms with Gasteiger partial charge in [0, 0.05) is 25.2 Å². The number of aliphatic hydroxyl groups is 1. The monoisotopic (exact) mass is 411 g/mol. The highest BCUT2D eigenvalue weighted by Gasteiger charge is 2.45. The molecule has 1 aromatic carbocycles. The van der Waals surface area contributed by atoms with Crippen LogP contribution in [0.15, 0.2) is 18.2 Å². The Labute approximate surface area is 170 Å². The number of hydroxylamine groups is 1. The number of ether oxygens (including phenoxy) is 1. The summed E-state index contributed by atoms with van der Waals surface area (Å²) in [7, 11) is 1.48. The number of hydrogen-bond donors (Lipinski definition) is 4. The summed E-state index contributed by atoms with van der Waals surface area (Å²) in [6.45, 7) is 6.52. The number of nitrogens with zero attached hydrogens (tertiary/aromatic N) is 1. The molecule has 0 aromatic heterocycles. The second-order valence-corrected chi connectivity index (χ2v) is 7.94. The van der Waals surface area contributed by atoms with Gasteiger partial charge in [-0.3, -0.25) is 14.8 Å². The zero-order chi connectivity index (χ0) is 21.8. The van der Waals surface area contributed by atoms with E-state index in [0.29, 0.717) is 18.8 Å². The van der Waals surface area contributed by atoms with Crippen LogP contribution >= 0.6 is 0 Å². The lowest BCUT2D eigenvalue weighted by molar-refractivity contribution is -0.156. The van der Waals surface area contributed by atoms with Gasteiger partial charge in [-0.2, -0.15) is 0 Å². The lowest BCUT2D eigenvalue weighted by atomic mass is 9.84. The minimum Gasteiger partial charge on any atom is -0.497 e. The van der Waals surface area contributed by atoms with Crippen molar-refractivity contribution < 1.29 is 29.0 Å². The third-order valence-electron chi connectivity index (χ3n) is 5.40. The molecule has 2 rings (SSSR count). The van der Waals surface area contributed by atoms with Crippen molar-refractivity contribution in [1.82, 2.24) is 15.7 Å². The van der Waals surface area contributed by atoms with Gasteiger partial charge in [0.05, 0.1) is 18.6 Å². The average molecular weight is 411 g/mol. The number of methoxy groups -OCH3 is 1. The summed E-state index contributed by atoms with van der Waals surface area (Å²) in [6, 6.07) is 4.34. The van der Waals surface area contributed by atoms with E-state index in [1.54, 1.807) is 13.0 Å². The summed E-state index contributed by atoms with van der Waals surface area (Å²) in [5, 5.41) is 22.5. The molecule has 0 bridgehead atoms. The molecule has 1 aliphatic heterocycles. The molecule has 1 fully saturated rings. The van der Waals surface area contributed by atoms with Crippen LogP contribution < -0.4 is 15.5 Å². The summed E-state index contributed by atoms with van der Waals surface area (Å²) in [6.07, 6.45) is -1.49. The van der Waals surface area contributed by atoms with Crippen molar-refractivity contribution in [3.8, 4) is 5.75 Å². The average Bonchev–Trinajstić information content (AvgIpc) is 2.70. The summed E-state index contributed by atoms with van der Waals surface area (Å²) in [4.78, 5) is 26.8. The molecule has 4 N–H and O–H groups in total. The van der Waals surface area contributed by atoms with E-state index in [2.05, 4.69) is 5.32 Å². The van der Waals surface area contributed by atoms with Crippen molar-refractivity contribution >= 4 is 11.8 Å². The minimum atomic E-state index is -1.72. The first kappa shape index (κ1) is 23.1. The molecule has 3 atom stereocenters. The Morgan fingerprint density at radius 2 is 2.10 bits per heavy atom. The second kappa shape index (κ2) is 9.51. The van der Waals surface area contributed by atoms with E-state index in [1.807, 2.05) is 13.8 Å². The van der Waals surface area contributed by atoms with Crippen LogP contribution in [-0.2, 0) is 15.1 Å². The molecule has 2 amide bonds. The summed E-state index contributed by atoms with van der Waals surface area (Å²) in [5.41, 5.74) is 0.627. The number of benzene rings is 1. The molecule has 1 aromatic rings.